The van der Waals surface area contributed by atoms with Gasteiger partial charge in [0.05, 0.1) is 16.9 Å². The minimum Gasteiger partial charge on any atom is -0.493 e. The van der Waals surface area contributed by atoms with Crippen LogP contribution in [0.3, 0.4) is 0 Å². The van der Waals surface area contributed by atoms with Crippen molar-refractivity contribution in [3.8, 4) is 11.5 Å². The average molecular weight is 539 g/mol. The van der Waals surface area contributed by atoms with Crippen LogP contribution in [0.4, 0.5) is 4.39 Å². The van der Waals surface area contributed by atoms with Crippen LogP contribution in [0.2, 0.25) is 0 Å². The summed E-state index contributed by atoms with van der Waals surface area (Å²) in [6, 6.07) is 19.3. The maximum absolute atomic E-state index is 13.2. The van der Waals surface area contributed by atoms with E-state index in [2.05, 4.69) is 11.0 Å². The van der Waals surface area contributed by atoms with Gasteiger partial charge in [-0.3, -0.25) is 9.69 Å². The maximum Gasteiger partial charge on any atom is 0.284 e. The monoisotopic (exact) mass is 538 g/mol. The van der Waals surface area contributed by atoms with Crippen molar-refractivity contribution < 1.29 is 27.1 Å². The third-order valence-corrected chi connectivity index (χ3v) is 7.64. The number of benzene rings is 3. The fourth-order valence-electron chi connectivity index (χ4n) is 3.41. The molecule has 37 heavy (non-hydrogen) atoms. The van der Waals surface area contributed by atoms with Gasteiger partial charge >= 0.3 is 0 Å². The molecule has 10 heteroatoms. The number of sulfonamides is 1. The molecule has 0 aliphatic carbocycles. The van der Waals surface area contributed by atoms with Crippen LogP contribution in [0, 0.1) is 5.82 Å². The number of halogens is 1. The molecule has 0 aromatic heterocycles. The van der Waals surface area contributed by atoms with Gasteiger partial charge in [-0.2, -0.15) is 8.42 Å². The van der Waals surface area contributed by atoms with Crippen LogP contribution < -0.4 is 9.47 Å². The zero-order valence-electron chi connectivity index (χ0n) is 19.8. The van der Waals surface area contributed by atoms with Crippen LogP contribution in [0.5, 0.6) is 11.5 Å². The Morgan fingerprint density at radius 1 is 1.05 bits per heavy atom. The molecule has 4 rings (SSSR count). The average Bonchev–Trinajstić information content (AvgIpc) is 3.17. The number of amides is 1. The number of carbonyl (C=O) groups excluding carboxylic acids is 1. The second-order valence-corrected chi connectivity index (χ2v) is 10.4. The van der Waals surface area contributed by atoms with Gasteiger partial charge < -0.3 is 9.47 Å². The molecule has 0 bridgehead atoms. The molecule has 7 nitrogen and oxygen atoms in total. The Kier molecular flexibility index (Phi) is 8.10. The lowest BCUT2D eigenvalue weighted by Gasteiger charge is -2.12. The zero-order chi connectivity index (χ0) is 26.4. The van der Waals surface area contributed by atoms with Crippen LogP contribution >= 0.6 is 11.8 Å². The summed E-state index contributed by atoms with van der Waals surface area (Å²) in [5.41, 5.74) is 1.66. The SMILES string of the molecule is C=CCN1C(=O)/C(=C/c2ccc(OCc3ccccc3)c(OC)c2)S/C1=N/S(=O)(=O)c1ccc(F)cc1. The molecule has 0 atom stereocenters. The molecule has 190 valence electrons. The summed E-state index contributed by atoms with van der Waals surface area (Å²) in [6.45, 7) is 4.07. The summed E-state index contributed by atoms with van der Waals surface area (Å²) >= 11 is 0.926. The van der Waals surface area contributed by atoms with Gasteiger partial charge in [-0.25, -0.2) is 4.39 Å². The Labute approximate surface area is 219 Å². The Balaban J connectivity index is 1.59. The first-order valence-electron chi connectivity index (χ1n) is 11.1. The summed E-state index contributed by atoms with van der Waals surface area (Å²) in [6.07, 6.45) is 3.10. The number of hydrogen-bond acceptors (Lipinski definition) is 6. The van der Waals surface area contributed by atoms with Gasteiger partial charge in [0.2, 0.25) is 0 Å². The van der Waals surface area contributed by atoms with Gasteiger partial charge in [0.15, 0.2) is 16.7 Å². The second-order valence-electron chi connectivity index (χ2n) is 7.80. The summed E-state index contributed by atoms with van der Waals surface area (Å²) in [5, 5.41) is -0.0183. The van der Waals surface area contributed by atoms with E-state index in [1.807, 2.05) is 30.3 Å². The van der Waals surface area contributed by atoms with E-state index in [0.29, 0.717) is 23.7 Å². The predicted molar refractivity (Wildman–Crippen MR) is 142 cm³/mol. The largest absolute Gasteiger partial charge is 0.493 e. The number of methoxy groups -OCH3 is 1. The van der Waals surface area contributed by atoms with Gasteiger partial charge in [-0.15, -0.1) is 11.0 Å². The Bertz CT molecular complexity index is 1470. The number of amidine groups is 1. The normalized spacial score (nSPS) is 15.8. The van der Waals surface area contributed by atoms with Gasteiger partial charge in [-0.05, 0) is 65.4 Å². The molecule has 0 spiro atoms. The Morgan fingerprint density at radius 2 is 1.78 bits per heavy atom. The van der Waals surface area contributed by atoms with Crippen molar-refractivity contribution >= 4 is 38.9 Å². The molecular formula is C27H23FN2O5S2. The molecule has 1 amide bonds. The molecule has 1 aliphatic heterocycles. The highest BCUT2D eigenvalue weighted by Crippen LogP contribution is 2.35. The highest BCUT2D eigenvalue weighted by atomic mass is 32.2. The fraction of sp³-hybridized carbons (Fsp3) is 0.111. The zero-order valence-corrected chi connectivity index (χ0v) is 21.5. The third kappa shape index (κ3) is 6.28. The van der Waals surface area contributed by atoms with Crippen molar-refractivity contribution in [3.63, 3.8) is 0 Å². The van der Waals surface area contributed by atoms with Crippen molar-refractivity contribution in [3.05, 3.63) is 107 Å². The summed E-state index contributed by atoms with van der Waals surface area (Å²) in [5.74, 6) is 0.0417. The number of nitrogens with zero attached hydrogens (tertiary/aromatic N) is 2. The number of rotatable bonds is 9. The second kappa shape index (κ2) is 11.4. The van der Waals surface area contributed by atoms with E-state index in [0.717, 1.165) is 41.6 Å². The predicted octanol–water partition coefficient (Wildman–Crippen LogP) is 5.26. The minimum atomic E-state index is -4.17. The Hall–Kier alpha value is -3.89. The van der Waals surface area contributed by atoms with Crippen molar-refractivity contribution in [2.75, 3.05) is 13.7 Å². The van der Waals surface area contributed by atoms with E-state index >= 15 is 0 Å². The van der Waals surface area contributed by atoms with Crippen LogP contribution in [0.25, 0.3) is 6.08 Å². The van der Waals surface area contributed by atoms with E-state index < -0.39 is 21.7 Å². The van der Waals surface area contributed by atoms with Crippen LogP contribution in [-0.2, 0) is 21.4 Å². The number of carbonyl (C=O) groups is 1. The molecular weight excluding hydrogens is 515 g/mol. The van der Waals surface area contributed by atoms with Crippen LogP contribution in [0.1, 0.15) is 11.1 Å². The molecule has 1 aliphatic rings. The number of ether oxygens (including phenoxy) is 2. The smallest absolute Gasteiger partial charge is 0.284 e. The topological polar surface area (TPSA) is 85.3 Å². The van der Waals surface area contributed by atoms with E-state index in [9.17, 15) is 17.6 Å². The lowest BCUT2D eigenvalue weighted by molar-refractivity contribution is -0.121. The maximum atomic E-state index is 13.2. The lowest BCUT2D eigenvalue weighted by Crippen LogP contribution is -2.29. The van der Waals surface area contributed by atoms with E-state index in [1.165, 1.54) is 18.1 Å². The van der Waals surface area contributed by atoms with Gasteiger partial charge in [0.25, 0.3) is 15.9 Å². The summed E-state index contributed by atoms with van der Waals surface area (Å²) in [4.78, 5) is 14.4. The van der Waals surface area contributed by atoms with Crippen LogP contribution in [-0.4, -0.2) is 38.0 Å². The molecule has 1 heterocycles. The molecule has 0 unspecified atom stereocenters. The molecule has 0 saturated carbocycles. The lowest BCUT2D eigenvalue weighted by atomic mass is 10.1. The van der Waals surface area contributed by atoms with Gasteiger partial charge in [0.1, 0.15) is 12.4 Å². The molecule has 3 aromatic rings. The number of hydrogen-bond donors (Lipinski definition) is 0. The van der Waals surface area contributed by atoms with Gasteiger partial charge in [-0.1, -0.05) is 42.5 Å². The molecule has 1 saturated heterocycles. The van der Waals surface area contributed by atoms with E-state index in [1.54, 1.807) is 24.3 Å². The van der Waals surface area contributed by atoms with Gasteiger partial charge in [0, 0.05) is 6.54 Å². The van der Waals surface area contributed by atoms with Crippen molar-refractivity contribution in [1.82, 2.24) is 4.90 Å². The van der Waals surface area contributed by atoms with Crippen LogP contribution in [0.15, 0.2) is 99.6 Å². The van der Waals surface area contributed by atoms with E-state index in [-0.39, 0.29) is 21.5 Å². The highest BCUT2D eigenvalue weighted by Gasteiger charge is 2.34. The minimum absolute atomic E-state index is 0.0183. The third-order valence-electron chi connectivity index (χ3n) is 5.23. The first-order valence-corrected chi connectivity index (χ1v) is 13.3. The molecule has 0 radical (unpaired) electrons. The molecule has 0 N–H and O–H groups in total. The number of thioether (sulfide) groups is 1. The first kappa shape index (κ1) is 26.2. The first-order chi connectivity index (χ1) is 17.8. The molecule has 3 aromatic carbocycles. The fourth-order valence-corrected chi connectivity index (χ4v) is 5.60. The summed E-state index contributed by atoms with van der Waals surface area (Å²) < 4.78 is 54.0. The van der Waals surface area contributed by atoms with Crippen molar-refractivity contribution in [2.24, 2.45) is 4.40 Å². The Morgan fingerprint density at radius 3 is 2.46 bits per heavy atom. The van der Waals surface area contributed by atoms with Crippen molar-refractivity contribution in [1.29, 1.82) is 0 Å². The molecule has 1 fully saturated rings. The highest BCUT2D eigenvalue weighted by molar-refractivity contribution is 8.19. The van der Waals surface area contributed by atoms with E-state index in [4.69, 9.17) is 9.47 Å². The summed E-state index contributed by atoms with van der Waals surface area (Å²) in [7, 11) is -2.65. The standard InChI is InChI=1S/C27H23FN2O5S2/c1-3-15-30-26(31)25(36-27(30)29-37(32,33)22-12-10-21(28)11-13-22)17-20-9-14-23(24(16-20)34-2)35-18-19-7-5-4-6-8-19/h3-14,16-17H,1,15,18H2,2H3/b25-17-,29-27+. The quantitative estimate of drug-likeness (QED) is 0.273. The van der Waals surface area contributed by atoms with Crippen molar-refractivity contribution in [2.45, 2.75) is 11.5 Å².